The molecule has 5 heteroatoms. The lowest BCUT2D eigenvalue weighted by Crippen LogP contribution is -2.14. The van der Waals surface area contributed by atoms with Crippen LogP contribution in [0.4, 0.5) is 13.2 Å². The highest BCUT2D eigenvalue weighted by molar-refractivity contribution is 5.76. The van der Waals surface area contributed by atoms with Crippen molar-refractivity contribution in [2.75, 3.05) is 0 Å². The van der Waals surface area contributed by atoms with Crippen LogP contribution in [0.2, 0.25) is 0 Å². The van der Waals surface area contributed by atoms with Crippen LogP contribution in [0.1, 0.15) is 5.56 Å². The molecule has 0 unspecified atom stereocenters. The van der Waals surface area contributed by atoms with Gasteiger partial charge in [0.15, 0.2) is 17.5 Å². The lowest BCUT2D eigenvalue weighted by atomic mass is 10.1. The van der Waals surface area contributed by atoms with Crippen LogP contribution < -0.4 is 5.73 Å². The third-order valence-electron chi connectivity index (χ3n) is 1.42. The van der Waals surface area contributed by atoms with Crippen LogP contribution in [-0.4, -0.2) is 5.91 Å². The van der Waals surface area contributed by atoms with E-state index in [9.17, 15) is 18.0 Å². The highest BCUT2D eigenvalue weighted by atomic mass is 19.2. The van der Waals surface area contributed by atoms with Crippen molar-refractivity contribution in [3.05, 3.63) is 35.1 Å². The van der Waals surface area contributed by atoms with E-state index in [4.69, 9.17) is 5.73 Å². The smallest absolute Gasteiger partial charge is 0.221 e. The number of rotatable bonds is 2. The van der Waals surface area contributed by atoms with Crippen molar-refractivity contribution in [1.82, 2.24) is 0 Å². The average molecular weight is 189 g/mol. The lowest BCUT2D eigenvalue weighted by molar-refractivity contribution is -0.117. The van der Waals surface area contributed by atoms with Gasteiger partial charge in [0.05, 0.1) is 6.42 Å². The van der Waals surface area contributed by atoms with Gasteiger partial charge in [0.2, 0.25) is 5.91 Å². The Morgan fingerprint density at radius 1 is 1.23 bits per heavy atom. The van der Waals surface area contributed by atoms with Crippen molar-refractivity contribution in [3.63, 3.8) is 0 Å². The van der Waals surface area contributed by atoms with E-state index in [-0.39, 0.29) is 12.0 Å². The van der Waals surface area contributed by atoms with Gasteiger partial charge in [-0.3, -0.25) is 4.79 Å². The summed E-state index contributed by atoms with van der Waals surface area (Å²) in [6.45, 7) is 0. The van der Waals surface area contributed by atoms with Gasteiger partial charge < -0.3 is 5.73 Å². The van der Waals surface area contributed by atoms with E-state index in [1.807, 2.05) is 0 Å². The largest absolute Gasteiger partial charge is 0.369 e. The van der Waals surface area contributed by atoms with Gasteiger partial charge in [0, 0.05) is 0 Å². The fraction of sp³-hybridized carbons (Fsp3) is 0.125. The molecule has 0 saturated carbocycles. The van der Waals surface area contributed by atoms with E-state index in [0.29, 0.717) is 0 Å². The summed E-state index contributed by atoms with van der Waals surface area (Å²) in [5.74, 6) is -4.92. The summed E-state index contributed by atoms with van der Waals surface area (Å²) < 4.78 is 37.4. The number of carbonyl (C=O) groups excluding carboxylic acids is 1. The van der Waals surface area contributed by atoms with Crippen molar-refractivity contribution >= 4 is 5.91 Å². The average Bonchev–Trinajstić information content (AvgIpc) is 1.98. The zero-order valence-corrected chi connectivity index (χ0v) is 6.48. The Labute approximate surface area is 72.2 Å². The van der Waals surface area contributed by atoms with Crippen molar-refractivity contribution in [1.29, 1.82) is 0 Å². The Kier molecular flexibility index (Phi) is 2.55. The van der Waals surface area contributed by atoms with Gasteiger partial charge in [-0.2, -0.15) is 0 Å². The molecule has 0 fully saturated rings. The molecule has 1 aromatic carbocycles. The van der Waals surface area contributed by atoms with E-state index in [1.165, 1.54) is 0 Å². The van der Waals surface area contributed by atoms with Crippen LogP contribution in [0.5, 0.6) is 0 Å². The molecule has 70 valence electrons. The number of amides is 1. The van der Waals surface area contributed by atoms with Crippen LogP contribution >= 0.6 is 0 Å². The van der Waals surface area contributed by atoms with E-state index in [0.717, 1.165) is 12.1 Å². The lowest BCUT2D eigenvalue weighted by Gasteiger charge is -1.99. The van der Waals surface area contributed by atoms with Gasteiger partial charge in [-0.15, -0.1) is 0 Å². The van der Waals surface area contributed by atoms with Crippen molar-refractivity contribution in [2.24, 2.45) is 5.73 Å². The van der Waals surface area contributed by atoms with Crippen molar-refractivity contribution in [2.45, 2.75) is 6.42 Å². The van der Waals surface area contributed by atoms with Crippen LogP contribution in [0.25, 0.3) is 0 Å². The third kappa shape index (κ3) is 2.21. The van der Waals surface area contributed by atoms with Gasteiger partial charge in [-0.25, -0.2) is 13.2 Å². The van der Waals surface area contributed by atoms with Gasteiger partial charge in [0.1, 0.15) is 0 Å². The highest BCUT2D eigenvalue weighted by Crippen LogP contribution is 2.13. The second-order valence-corrected chi connectivity index (χ2v) is 2.52. The number of nitrogens with two attached hydrogens (primary N) is 1. The Morgan fingerprint density at radius 3 is 2.08 bits per heavy atom. The van der Waals surface area contributed by atoms with Gasteiger partial charge >= 0.3 is 0 Å². The second-order valence-electron chi connectivity index (χ2n) is 2.52. The fourth-order valence-corrected chi connectivity index (χ4v) is 0.911. The highest BCUT2D eigenvalue weighted by Gasteiger charge is 2.11. The van der Waals surface area contributed by atoms with Crippen LogP contribution in [-0.2, 0) is 11.2 Å². The number of hydrogen-bond acceptors (Lipinski definition) is 1. The van der Waals surface area contributed by atoms with E-state index < -0.39 is 23.4 Å². The van der Waals surface area contributed by atoms with E-state index >= 15 is 0 Å². The summed E-state index contributed by atoms with van der Waals surface area (Å²) >= 11 is 0. The van der Waals surface area contributed by atoms with Crippen molar-refractivity contribution < 1.29 is 18.0 Å². The van der Waals surface area contributed by atoms with Crippen molar-refractivity contribution in [3.8, 4) is 0 Å². The Bertz CT molecular complexity index is 328. The first kappa shape index (κ1) is 9.57. The first-order valence-electron chi connectivity index (χ1n) is 3.42. The molecule has 1 rings (SSSR count). The first-order chi connectivity index (χ1) is 6.00. The minimum atomic E-state index is -1.55. The number of primary amides is 1. The summed E-state index contributed by atoms with van der Waals surface area (Å²) in [6, 6.07) is 1.48. The molecule has 0 radical (unpaired) electrons. The monoisotopic (exact) mass is 189 g/mol. The van der Waals surface area contributed by atoms with E-state index in [2.05, 4.69) is 0 Å². The zero-order valence-electron chi connectivity index (χ0n) is 6.48. The molecule has 0 bridgehead atoms. The van der Waals surface area contributed by atoms with Gasteiger partial charge in [-0.1, -0.05) is 0 Å². The molecule has 0 saturated heterocycles. The Morgan fingerprint density at radius 2 is 1.69 bits per heavy atom. The summed E-state index contributed by atoms with van der Waals surface area (Å²) in [7, 11) is 0. The topological polar surface area (TPSA) is 43.1 Å². The molecule has 2 N–H and O–H groups in total. The standard InChI is InChI=1S/C8H6F3NO/c9-5-1-4(3-7(12)13)2-6(10)8(5)11/h1-2H,3H2,(H2,12,13). The Hall–Kier alpha value is -1.52. The maximum absolute atomic E-state index is 12.5. The normalized spacial score (nSPS) is 10.1. The predicted octanol–water partition coefficient (Wildman–Crippen LogP) is 1.13. The molecule has 13 heavy (non-hydrogen) atoms. The SMILES string of the molecule is NC(=O)Cc1cc(F)c(F)c(F)c1. The predicted molar refractivity (Wildman–Crippen MR) is 39.2 cm³/mol. The molecule has 0 aliphatic rings. The third-order valence-corrected chi connectivity index (χ3v) is 1.42. The van der Waals surface area contributed by atoms with Gasteiger partial charge in [-0.05, 0) is 17.7 Å². The summed E-state index contributed by atoms with van der Waals surface area (Å²) in [4.78, 5) is 10.4. The maximum Gasteiger partial charge on any atom is 0.221 e. The van der Waals surface area contributed by atoms with Crippen LogP contribution in [0.3, 0.4) is 0 Å². The number of halogens is 3. The molecule has 0 aliphatic heterocycles. The number of hydrogen-bond donors (Lipinski definition) is 1. The fourth-order valence-electron chi connectivity index (χ4n) is 0.911. The molecule has 1 amide bonds. The van der Waals surface area contributed by atoms with Gasteiger partial charge in [0.25, 0.3) is 0 Å². The van der Waals surface area contributed by atoms with E-state index in [1.54, 1.807) is 0 Å². The van der Waals surface area contributed by atoms with Crippen LogP contribution in [0, 0.1) is 17.5 Å². The Balaban J connectivity index is 3.06. The molecule has 0 atom stereocenters. The molecular weight excluding hydrogens is 183 g/mol. The molecule has 0 aliphatic carbocycles. The molecule has 1 aromatic rings. The van der Waals surface area contributed by atoms with Crippen LogP contribution in [0.15, 0.2) is 12.1 Å². The number of carbonyl (C=O) groups is 1. The molecular formula is C8H6F3NO. The quantitative estimate of drug-likeness (QED) is 0.696. The molecule has 0 aromatic heterocycles. The summed E-state index contributed by atoms with van der Waals surface area (Å²) in [5.41, 5.74) is 4.80. The number of benzene rings is 1. The molecule has 0 heterocycles. The maximum atomic E-state index is 12.5. The minimum Gasteiger partial charge on any atom is -0.369 e. The minimum absolute atomic E-state index is 0.0175. The molecule has 0 spiro atoms. The summed E-state index contributed by atoms with van der Waals surface area (Å²) in [5, 5.41) is 0. The molecule has 2 nitrogen and oxygen atoms in total. The first-order valence-corrected chi connectivity index (χ1v) is 3.42. The zero-order chi connectivity index (χ0) is 10.0. The summed E-state index contributed by atoms with van der Waals surface area (Å²) in [6.07, 6.45) is -0.311. The second kappa shape index (κ2) is 3.47.